The smallest absolute Gasteiger partial charge is 0.0970 e. The van der Waals surface area contributed by atoms with Gasteiger partial charge in [-0.1, -0.05) is 28.9 Å². The van der Waals surface area contributed by atoms with Gasteiger partial charge in [-0.05, 0) is 59.5 Å². The van der Waals surface area contributed by atoms with Crippen LogP contribution in [0.25, 0.3) is 0 Å². The van der Waals surface area contributed by atoms with Crippen molar-refractivity contribution in [2.24, 2.45) is 0 Å². The van der Waals surface area contributed by atoms with Crippen molar-refractivity contribution in [1.29, 1.82) is 0 Å². The first-order chi connectivity index (χ1) is 8.70. The van der Waals surface area contributed by atoms with E-state index in [1.165, 1.54) is 42.4 Å². The summed E-state index contributed by atoms with van der Waals surface area (Å²) in [5, 5.41) is 0. The number of nitrogens with zero attached hydrogens (tertiary/aromatic N) is 1. The molecule has 1 nitrogen and oxygen atoms in total. The molecular formula is C18H34N+. The molecule has 0 bridgehead atoms. The molecule has 0 aliphatic heterocycles. The molecule has 0 saturated carbocycles. The molecule has 0 unspecified atom stereocenters. The van der Waals surface area contributed by atoms with Gasteiger partial charge in [-0.25, -0.2) is 0 Å². The summed E-state index contributed by atoms with van der Waals surface area (Å²) in [6, 6.07) is 0. The van der Waals surface area contributed by atoms with Gasteiger partial charge in [-0.2, -0.15) is 0 Å². The number of hydrogen-bond acceptors (Lipinski definition) is 0. The number of hydrogen-bond donors (Lipinski definition) is 0. The molecule has 0 amide bonds. The Balaban J connectivity index is 3.96. The Morgan fingerprint density at radius 1 is 0.737 bits per heavy atom. The monoisotopic (exact) mass is 264 g/mol. The van der Waals surface area contributed by atoms with Crippen LogP contribution in [0.15, 0.2) is 34.9 Å². The molecule has 0 heterocycles. The highest BCUT2D eigenvalue weighted by Gasteiger charge is 2.03. The largest absolute Gasteiger partial charge is 0.328 e. The standard InChI is InChI=1S/C18H34N/c1-16(2)10-8-11-17(3)12-9-13-18(4)14-15-19(5,6)7/h10,12,14H,8-9,11,13,15H2,1-7H3/q+1. The molecule has 0 spiro atoms. The highest BCUT2D eigenvalue weighted by atomic mass is 15.3. The van der Waals surface area contributed by atoms with Crippen molar-refractivity contribution < 1.29 is 4.48 Å². The Kier molecular flexibility index (Phi) is 8.75. The lowest BCUT2D eigenvalue weighted by molar-refractivity contribution is -0.864. The molecular weight excluding hydrogens is 230 g/mol. The van der Waals surface area contributed by atoms with Crippen LogP contribution < -0.4 is 0 Å². The lowest BCUT2D eigenvalue weighted by Gasteiger charge is -2.22. The quantitative estimate of drug-likeness (QED) is 0.422. The maximum atomic E-state index is 2.40. The zero-order chi connectivity index (χ0) is 14.9. The van der Waals surface area contributed by atoms with Crippen LogP contribution in [0.1, 0.15) is 53.4 Å². The molecule has 0 aliphatic carbocycles. The SMILES string of the molecule is CC(C)=CCCC(C)=CCCC(C)=CC[N+](C)(C)C. The van der Waals surface area contributed by atoms with E-state index >= 15 is 0 Å². The van der Waals surface area contributed by atoms with Crippen molar-refractivity contribution in [2.45, 2.75) is 53.4 Å². The minimum Gasteiger partial charge on any atom is -0.328 e. The summed E-state index contributed by atoms with van der Waals surface area (Å²) >= 11 is 0. The Morgan fingerprint density at radius 3 is 1.68 bits per heavy atom. The van der Waals surface area contributed by atoms with Crippen molar-refractivity contribution in [3.63, 3.8) is 0 Å². The third kappa shape index (κ3) is 13.4. The summed E-state index contributed by atoms with van der Waals surface area (Å²) in [5.41, 5.74) is 4.46. The molecule has 0 aromatic carbocycles. The van der Waals surface area contributed by atoms with Crippen LogP contribution >= 0.6 is 0 Å². The van der Waals surface area contributed by atoms with Gasteiger partial charge < -0.3 is 4.48 Å². The van der Waals surface area contributed by atoms with Crippen molar-refractivity contribution in [2.75, 3.05) is 27.7 Å². The van der Waals surface area contributed by atoms with Gasteiger partial charge in [-0.3, -0.25) is 0 Å². The fourth-order valence-electron chi connectivity index (χ4n) is 1.77. The van der Waals surface area contributed by atoms with Gasteiger partial charge in [0.1, 0.15) is 0 Å². The average Bonchev–Trinajstić information content (AvgIpc) is 2.25. The second-order valence-corrected chi connectivity index (χ2v) is 6.93. The highest BCUT2D eigenvalue weighted by molar-refractivity contribution is 5.05. The lowest BCUT2D eigenvalue weighted by Crippen LogP contribution is -2.34. The molecule has 0 radical (unpaired) electrons. The van der Waals surface area contributed by atoms with Crippen molar-refractivity contribution >= 4 is 0 Å². The fourth-order valence-corrected chi connectivity index (χ4v) is 1.77. The first-order valence-corrected chi connectivity index (χ1v) is 7.46. The van der Waals surface area contributed by atoms with E-state index in [9.17, 15) is 0 Å². The second kappa shape index (κ2) is 9.14. The van der Waals surface area contributed by atoms with Gasteiger partial charge in [0.2, 0.25) is 0 Å². The summed E-state index contributed by atoms with van der Waals surface area (Å²) in [6.07, 6.45) is 11.9. The molecule has 0 saturated heterocycles. The van der Waals surface area contributed by atoms with Gasteiger partial charge in [-0.15, -0.1) is 0 Å². The Hall–Kier alpha value is -0.820. The number of rotatable bonds is 8. The molecule has 110 valence electrons. The number of likely N-dealkylation sites (N-methyl/N-ethyl adjacent to an activating group) is 1. The number of allylic oxidation sites excluding steroid dienone is 5. The third-order valence-electron chi connectivity index (χ3n) is 3.11. The zero-order valence-corrected chi connectivity index (χ0v) is 14.2. The molecule has 0 N–H and O–H groups in total. The maximum absolute atomic E-state index is 2.40. The van der Waals surface area contributed by atoms with Gasteiger partial charge in [0, 0.05) is 0 Å². The van der Waals surface area contributed by atoms with Gasteiger partial charge >= 0.3 is 0 Å². The van der Waals surface area contributed by atoms with Crippen molar-refractivity contribution in [3.8, 4) is 0 Å². The molecule has 0 aliphatic rings. The van der Waals surface area contributed by atoms with Crippen LogP contribution in [0.5, 0.6) is 0 Å². The highest BCUT2D eigenvalue weighted by Crippen LogP contribution is 2.11. The van der Waals surface area contributed by atoms with Crippen LogP contribution in [-0.4, -0.2) is 32.2 Å². The molecule has 0 aromatic heterocycles. The molecule has 0 fully saturated rings. The van der Waals surface area contributed by atoms with Gasteiger partial charge in [0.15, 0.2) is 0 Å². The summed E-state index contributed by atoms with van der Waals surface area (Å²) < 4.78 is 1.01. The molecule has 1 heteroatoms. The fraction of sp³-hybridized carbons (Fsp3) is 0.667. The molecule has 19 heavy (non-hydrogen) atoms. The van der Waals surface area contributed by atoms with E-state index in [0.717, 1.165) is 11.0 Å². The Morgan fingerprint density at radius 2 is 1.21 bits per heavy atom. The molecule has 0 aromatic rings. The van der Waals surface area contributed by atoms with Crippen molar-refractivity contribution in [3.05, 3.63) is 34.9 Å². The van der Waals surface area contributed by atoms with E-state index in [2.05, 4.69) is 67.1 Å². The molecule has 0 atom stereocenters. The van der Waals surface area contributed by atoms with E-state index in [-0.39, 0.29) is 0 Å². The topological polar surface area (TPSA) is 0 Å². The van der Waals surface area contributed by atoms with Crippen LogP contribution in [-0.2, 0) is 0 Å². The van der Waals surface area contributed by atoms with Crippen LogP contribution in [0.4, 0.5) is 0 Å². The van der Waals surface area contributed by atoms with Crippen LogP contribution in [0.3, 0.4) is 0 Å². The van der Waals surface area contributed by atoms with E-state index in [1.54, 1.807) is 0 Å². The van der Waals surface area contributed by atoms with E-state index in [4.69, 9.17) is 0 Å². The zero-order valence-electron chi connectivity index (χ0n) is 14.2. The predicted molar refractivity (Wildman–Crippen MR) is 88.3 cm³/mol. The Bertz CT molecular complexity index is 333. The summed E-state index contributed by atoms with van der Waals surface area (Å²) in [4.78, 5) is 0. The third-order valence-corrected chi connectivity index (χ3v) is 3.11. The van der Waals surface area contributed by atoms with Gasteiger partial charge in [0.05, 0.1) is 27.7 Å². The summed E-state index contributed by atoms with van der Waals surface area (Å²) in [6.45, 7) is 9.96. The van der Waals surface area contributed by atoms with Crippen LogP contribution in [0.2, 0.25) is 0 Å². The average molecular weight is 264 g/mol. The predicted octanol–water partition coefficient (Wildman–Crippen LogP) is 5.11. The maximum Gasteiger partial charge on any atom is 0.0970 e. The first-order valence-electron chi connectivity index (χ1n) is 7.46. The minimum atomic E-state index is 1.01. The van der Waals surface area contributed by atoms with E-state index in [0.29, 0.717) is 0 Å². The van der Waals surface area contributed by atoms with Crippen LogP contribution in [0, 0.1) is 0 Å². The Labute approximate surface area is 121 Å². The lowest BCUT2D eigenvalue weighted by atomic mass is 10.1. The minimum absolute atomic E-state index is 1.01. The van der Waals surface area contributed by atoms with E-state index in [1.807, 2.05) is 0 Å². The van der Waals surface area contributed by atoms with E-state index < -0.39 is 0 Å². The second-order valence-electron chi connectivity index (χ2n) is 6.93. The summed E-state index contributed by atoms with van der Waals surface area (Å²) in [5.74, 6) is 0. The summed E-state index contributed by atoms with van der Waals surface area (Å²) in [7, 11) is 6.70. The van der Waals surface area contributed by atoms with Crippen molar-refractivity contribution in [1.82, 2.24) is 0 Å². The molecule has 0 rings (SSSR count). The first kappa shape index (κ1) is 18.2. The number of quaternary nitrogens is 1. The normalized spacial score (nSPS) is 13.6. The van der Waals surface area contributed by atoms with Gasteiger partial charge in [0.25, 0.3) is 0 Å².